The smallest absolute Gasteiger partial charge is 0.196 e. The molecule has 6 heteroatoms. The number of hydrogen-bond acceptors (Lipinski definition) is 6. The van der Waals surface area contributed by atoms with Gasteiger partial charge in [-0.3, -0.25) is 9.59 Å². The van der Waals surface area contributed by atoms with E-state index in [4.69, 9.17) is 9.47 Å². The maximum absolute atomic E-state index is 12.2. The third kappa shape index (κ3) is 6.06. The van der Waals surface area contributed by atoms with E-state index < -0.39 is 0 Å². The van der Waals surface area contributed by atoms with Gasteiger partial charge in [-0.2, -0.15) is 0 Å². The average molecular weight is 471 g/mol. The molecule has 0 unspecified atom stereocenters. The van der Waals surface area contributed by atoms with E-state index >= 15 is 0 Å². The third-order valence-electron chi connectivity index (χ3n) is 5.28. The second-order valence-corrected chi connectivity index (χ2v) is 7.61. The molecule has 0 fully saturated rings. The molecular weight excluding hydrogens is 444 g/mol. The second-order valence-electron chi connectivity index (χ2n) is 7.61. The molecule has 0 spiro atoms. The van der Waals surface area contributed by atoms with Gasteiger partial charge in [0.25, 0.3) is 0 Å². The molecule has 6 nitrogen and oxygen atoms in total. The lowest BCUT2D eigenvalue weighted by atomic mass is 10.0. The van der Waals surface area contributed by atoms with Crippen molar-refractivity contribution in [2.75, 3.05) is 14.2 Å². The van der Waals surface area contributed by atoms with Crippen LogP contribution in [0.2, 0.25) is 0 Å². The Morgan fingerprint density at radius 2 is 1.14 bits per heavy atom. The lowest BCUT2D eigenvalue weighted by Gasteiger charge is -2.09. The fraction of sp³-hybridized carbons (Fsp3) is 0.103. The predicted molar refractivity (Wildman–Crippen MR) is 134 cm³/mol. The maximum Gasteiger partial charge on any atom is 0.196 e. The number of aryl methyl sites for hydroxylation is 1. The number of rotatable bonds is 6. The summed E-state index contributed by atoms with van der Waals surface area (Å²) in [6.45, 7) is 1.83. The zero-order valence-corrected chi connectivity index (χ0v) is 19.7. The van der Waals surface area contributed by atoms with Crippen molar-refractivity contribution in [3.05, 3.63) is 119 Å². The highest BCUT2D eigenvalue weighted by molar-refractivity contribution is 6.11. The molecule has 0 saturated heterocycles. The van der Waals surface area contributed by atoms with Crippen LogP contribution in [-0.4, -0.2) is 36.0 Å². The van der Waals surface area contributed by atoms with E-state index in [2.05, 4.69) is 0 Å². The molecule has 0 aliphatic rings. The third-order valence-corrected chi connectivity index (χ3v) is 5.28. The van der Waals surface area contributed by atoms with Crippen LogP contribution in [0.3, 0.4) is 0 Å². The number of ether oxygens (including phenoxy) is 2. The molecule has 0 aliphatic carbocycles. The zero-order chi connectivity index (χ0) is 25.4. The minimum Gasteiger partial charge on any atom is -0.507 e. The maximum atomic E-state index is 12.2. The molecule has 0 atom stereocenters. The van der Waals surface area contributed by atoms with Gasteiger partial charge in [0, 0.05) is 23.3 Å². The molecule has 4 rings (SSSR count). The Hall–Kier alpha value is -4.58. The van der Waals surface area contributed by atoms with Gasteiger partial charge in [-0.15, -0.1) is 0 Å². The first kappa shape index (κ1) is 25.1. The quantitative estimate of drug-likeness (QED) is 0.358. The Kier molecular flexibility index (Phi) is 8.24. The van der Waals surface area contributed by atoms with Crippen molar-refractivity contribution >= 4 is 11.6 Å². The van der Waals surface area contributed by atoms with Crippen LogP contribution in [0.4, 0.5) is 0 Å². The standard InChI is InChI=1S/C15H14O3.C14H12O3/c1-10-8-12(13(16)9-14(10)18-2)15(17)11-6-4-3-5-7-11;1-17-11-7-8-12(13(15)9-11)14(16)10-5-3-2-4-6-10/h3-9,16H,1-2H3;2-9,15H,1H3. The molecule has 0 aromatic heterocycles. The normalized spacial score (nSPS) is 10.0. The largest absolute Gasteiger partial charge is 0.507 e. The first-order valence-corrected chi connectivity index (χ1v) is 10.8. The van der Waals surface area contributed by atoms with Crippen LogP contribution in [0.15, 0.2) is 91.0 Å². The van der Waals surface area contributed by atoms with Gasteiger partial charge < -0.3 is 19.7 Å². The lowest BCUT2D eigenvalue weighted by molar-refractivity contribution is 0.102. The van der Waals surface area contributed by atoms with Crippen molar-refractivity contribution < 1.29 is 29.3 Å². The van der Waals surface area contributed by atoms with Gasteiger partial charge in [-0.25, -0.2) is 0 Å². The summed E-state index contributed by atoms with van der Waals surface area (Å²) in [7, 11) is 3.04. The van der Waals surface area contributed by atoms with Gasteiger partial charge in [-0.1, -0.05) is 60.7 Å². The number of carbonyl (C=O) groups excluding carboxylic acids is 2. The first-order chi connectivity index (χ1) is 16.8. The molecule has 0 heterocycles. The Labute approximate surface area is 204 Å². The van der Waals surface area contributed by atoms with E-state index in [0.717, 1.165) is 5.56 Å². The number of ketones is 2. The van der Waals surface area contributed by atoms with E-state index in [0.29, 0.717) is 28.2 Å². The van der Waals surface area contributed by atoms with Crippen LogP contribution >= 0.6 is 0 Å². The van der Waals surface area contributed by atoms with E-state index in [1.54, 1.807) is 66.7 Å². The number of phenolic OH excluding ortho intramolecular Hbond substituents is 2. The molecule has 35 heavy (non-hydrogen) atoms. The molecule has 178 valence electrons. The van der Waals surface area contributed by atoms with Crippen LogP contribution < -0.4 is 9.47 Å². The summed E-state index contributed by atoms with van der Waals surface area (Å²) in [5.74, 6) is 0.554. The van der Waals surface area contributed by atoms with Crippen molar-refractivity contribution in [1.29, 1.82) is 0 Å². The fourth-order valence-electron chi connectivity index (χ4n) is 3.40. The Balaban J connectivity index is 0.000000196. The van der Waals surface area contributed by atoms with Crippen LogP contribution in [0.25, 0.3) is 0 Å². The molecule has 0 aliphatic heterocycles. The van der Waals surface area contributed by atoms with Crippen LogP contribution in [0.1, 0.15) is 37.4 Å². The number of methoxy groups -OCH3 is 2. The van der Waals surface area contributed by atoms with Crippen molar-refractivity contribution in [1.82, 2.24) is 0 Å². The molecular formula is C29H26O6. The minimum atomic E-state index is -0.203. The van der Waals surface area contributed by atoms with E-state index in [-0.39, 0.29) is 28.6 Å². The van der Waals surface area contributed by atoms with Crippen molar-refractivity contribution in [3.63, 3.8) is 0 Å². The molecule has 0 saturated carbocycles. The van der Waals surface area contributed by atoms with E-state index in [9.17, 15) is 19.8 Å². The molecule has 0 radical (unpaired) electrons. The SMILES string of the molecule is COc1cc(O)c(C(=O)c2ccccc2)cc1C.COc1ccc(C(=O)c2ccccc2)c(O)c1. The van der Waals surface area contributed by atoms with Gasteiger partial charge in [0.05, 0.1) is 25.3 Å². The fourth-order valence-corrected chi connectivity index (χ4v) is 3.40. The minimum absolute atomic E-state index is 0.0636. The van der Waals surface area contributed by atoms with Gasteiger partial charge in [0.2, 0.25) is 0 Å². The molecule has 0 amide bonds. The molecule has 4 aromatic rings. The van der Waals surface area contributed by atoms with Crippen molar-refractivity contribution in [2.45, 2.75) is 6.92 Å². The Bertz CT molecular complexity index is 1310. The van der Waals surface area contributed by atoms with Crippen LogP contribution in [-0.2, 0) is 0 Å². The second kappa shape index (κ2) is 11.5. The lowest BCUT2D eigenvalue weighted by Crippen LogP contribution is -2.02. The highest BCUT2D eigenvalue weighted by Gasteiger charge is 2.16. The number of benzene rings is 4. The molecule has 0 bridgehead atoms. The van der Waals surface area contributed by atoms with Crippen LogP contribution in [0.5, 0.6) is 23.0 Å². The Morgan fingerprint density at radius 3 is 1.63 bits per heavy atom. The Morgan fingerprint density at radius 1 is 0.629 bits per heavy atom. The monoisotopic (exact) mass is 470 g/mol. The highest BCUT2D eigenvalue weighted by Crippen LogP contribution is 2.29. The zero-order valence-electron chi connectivity index (χ0n) is 19.7. The van der Waals surface area contributed by atoms with Crippen molar-refractivity contribution in [3.8, 4) is 23.0 Å². The van der Waals surface area contributed by atoms with Crippen molar-refractivity contribution in [2.24, 2.45) is 0 Å². The summed E-state index contributed by atoms with van der Waals surface area (Å²) in [6, 6.07) is 25.5. The summed E-state index contributed by atoms with van der Waals surface area (Å²) in [5.41, 5.74) is 2.48. The highest BCUT2D eigenvalue weighted by atomic mass is 16.5. The summed E-state index contributed by atoms with van der Waals surface area (Å²) in [5, 5.41) is 19.6. The number of hydrogen-bond donors (Lipinski definition) is 2. The average Bonchev–Trinajstić information content (AvgIpc) is 2.90. The molecule has 4 aromatic carbocycles. The summed E-state index contributed by atoms with van der Waals surface area (Å²) < 4.78 is 10.1. The van der Waals surface area contributed by atoms with E-state index in [1.165, 1.54) is 26.4 Å². The summed E-state index contributed by atoms with van der Waals surface area (Å²) in [6.07, 6.45) is 0. The summed E-state index contributed by atoms with van der Waals surface area (Å²) in [4.78, 5) is 24.3. The summed E-state index contributed by atoms with van der Waals surface area (Å²) >= 11 is 0. The van der Waals surface area contributed by atoms with E-state index in [1.807, 2.05) is 19.1 Å². The van der Waals surface area contributed by atoms with Crippen LogP contribution in [0, 0.1) is 6.92 Å². The predicted octanol–water partition coefficient (Wildman–Crippen LogP) is 5.57. The molecule has 2 N–H and O–H groups in total. The first-order valence-electron chi connectivity index (χ1n) is 10.8. The number of aromatic hydroxyl groups is 2. The van der Waals surface area contributed by atoms with Gasteiger partial charge >= 0.3 is 0 Å². The van der Waals surface area contributed by atoms with Gasteiger partial charge in [0.15, 0.2) is 11.6 Å². The number of phenols is 2. The van der Waals surface area contributed by atoms with Gasteiger partial charge in [0.1, 0.15) is 23.0 Å². The van der Waals surface area contributed by atoms with Gasteiger partial charge in [-0.05, 0) is 30.7 Å². The number of carbonyl (C=O) groups is 2. The topological polar surface area (TPSA) is 93.1 Å².